The van der Waals surface area contributed by atoms with E-state index in [9.17, 15) is 4.79 Å². The van der Waals surface area contributed by atoms with Crippen LogP contribution in [0.3, 0.4) is 0 Å². The second kappa shape index (κ2) is 6.11. The summed E-state index contributed by atoms with van der Waals surface area (Å²) < 4.78 is 0. The van der Waals surface area contributed by atoms with Gasteiger partial charge in [0, 0.05) is 27.8 Å². The normalized spacial score (nSPS) is 16.8. The number of hydrogen-bond acceptors (Lipinski definition) is 2. The van der Waals surface area contributed by atoms with Crippen molar-refractivity contribution in [1.82, 2.24) is 9.97 Å². The van der Waals surface area contributed by atoms with Crippen molar-refractivity contribution in [2.45, 2.75) is 25.2 Å². The molecular weight excluding hydrogens is 345 g/mol. The molecule has 0 radical (unpaired) electrons. The molecule has 6 heteroatoms. The summed E-state index contributed by atoms with van der Waals surface area (Å²) in [6, 6.07) is 9.20. The average Bonchev–Trinajstić information content (AvgIpc) is 2.95. The van der Waals surface area contributed by atoms with Crippen LogP contribution in [0.2, 0.25) is 10.0 Å². The zero-order chi connectivity index (χ0) is 16.7. The van der Waals surface area contributed by atoms with Crippen molar-refractivity contribution >= 4 is 45.8 Å². The zero-order valence-corrected chi connectivity index (χ0v) is 14.3. The maximum absolute atomic E-state index is 12.7. The fraction of sp³-hybridized carbons (Fsp3) is 0.222. The topological polar surface area (TPSA) is 57.8 Å². The summed E-state index contributed by atoms with van der Waals surface area (Å²) in [6.07, 6.45) is 4.26. The van der Waals surface area contributed by atoms with Crippen molar-refractivity contribution in [3.8, 4) is 0 Å². The standard InChI is InChI=1S/C18H15Cl2N3O/c19-10-4-6-15-14(8-10)12-2-1-3-13(17(12)22-15)18(24)23-16-7-5-11(20)9-21-16/h4-9,13,22H,1-3H2,(H,21,23,24). The Morgan fingerprint density at radius 2 is 2.04 bits per heavy atom. The molecule has 2 N–H and O–H groups in total. The summed E-state index contributed by atoms with van der Waals surface area (Å²) in [5.41, 5.74) is 3.21. The third kappa shape index (κ3) is 2.76. The van der Waals surface area contributed by atoms with Gasteiger partial charge in [0.25, 0.3) is 0 Å². The van der Waals surface area contributed by atoms with Gasteiger partial charge in [0.2, 0.25) is 5.91 Å². The molecule has 1 aliphatic rings. The van der Waals surface area contributed by atoms with Crippen LogP contribution in [0.25, 0.3) is 10.9 Å². The van der Waals surface area contributed by atoms with E-state index in [2.05, 4.69) is 15.3 Å². The van der Waals surface area contributed by atoms with Crippen LogP contribution in [0.1, 0.15) is 30.0 Å². The Labute approximate surface area is 149 Å². The first-order valence-electron chi connectivity index (χ1n) is 7.84. The third-order valence-corrected chi connectivity index (χ3v) is 4.92. The van der Waals surface area contributed by atoms with Crippen molar-refractivity contribution in [3.05, 3.63) is 57.8 Å². The summed E-state index contributed by atoms with van der Waals surface area (Å²) in [6.45, 7) is 0. The lowest BCUT2D eigenvalue weighted by Gasteiger charge is -2.21. The second-order valence-corrected chi connectivity index (χ2v) is 6.88. The van der Waals surface area contributed by atoms with E-state index in [-0.39, 0.29) is 11.8 Å². The Morgan fingerprint density at radius 1 is 1.21 bits per heavy atom. The largest absolute Gasteiger partial charge is 0.357 e. The Balaban J connectivity index is 1.67. The van der Waals surface area contributed by atoms with E-state index >= 15 is 0 Å². The highest BCUT2D eigenvalue weighted by molar-refractivity contribution is 6.31. The van der Waals surface area contributed by atoms with Gasteiger partial charge < -0.3 is 10.3 Å². The lowest BCUT2D eigenvalue weighted by atomic mass is 9.86. The minimum absolute atomic E-state index is 0.0524. The highest BCUT2D eigenvalue weighted by atomic mass is 35.5. The Hall–Kier alpha value is -2.04. The van der Waals surface area contributed by atoms with E-state index in [4.69, 9.17) is 23.2 Å². The van der Waals surface area contributed by atoms with E-state index in [1.165, 1.54) is 11.8 Å². The number of carbonyl (C=O) groups is 1. The SMILES string of the molecule is O=C(Nc1ccc(Cl)cn1)C1CCCc2c1[nH]c1ccc(Cl)cc21. The van der Waals surface area contributed by atoms with Gasteiger partial charge in [0.1, 0.15) is 5.82 Å². The lowest BCUT2D eigenvalue weighted by molar-refractivity contribution is -0.118. The van der Waals surface area contributed by atoms with E-state index in [0.717, 1.165) is 35.9 Å². The summed E-state index contributed by atoms with van der Waals surface area (Å²) in [5, 5.41) is 5.24. The van der Waals surface area contributed by atoms with Crippen LogP contribution in [-0.2, 0) is 11.2 Å². The number of nitrogens with zero attached hydrogens (tertiary/aromatic N) is 1. The second-order valence-electron chi connectivity index (χ2n) is 6.00. The fourth-order valence-electron chi connectivity index (χ4n) is 3.36. The van der Waals surface area contributed by atoms with Crippen LogP contribution in [0.4, 0.5) is 5.82 Å². The Morgan fingerprint density at radius 3 is 2.83 bits per heavy atom. The van der Waals surface area contributed by atoms with Crippen LogP contribution >= 0.6 is 23.2 Å². The van der Waals surface area contributed by atoms with Crippen molar-refractivity contribution in [1.29, 1.82) is 0 Å². The van der Waals surface area contributed by atoms with Gasteiger partial charge in [-0.1, -0.05) is 23.2 Å². The summed E-state index contributed by atoms with van der Waals surface area (Å²) >= 11 is 12.0. The number of rotatable bonds is 2. The van der Waals surface area contributed by atoms with Crippen LogP contribution in [0, 0.1) is 0 Å². The number of aromatic nitrogens is 2. The third-order valence-electron chi connectivity index (χ3n) is 4.46. The lowest BCUT2D eigenvalue weighted by Crippen LogP contribution is -2.25. The quantitative estimate of drug-likeness (QED) is 0.681. The number of aryl methyl sites for hydroxylation is 1. The van der Waals surface area contributed by atoms with Crippen molar-refractivity contribution in [3.63, 3.8) is 0 Å². The van der Waals surface area contributed by atoms with Crippen LogP contribution < -0.4 is 5.32 Å². The first-order valence-corrected chi connectivity index (χ1v) is 8.60. The van der Waals surface area contributed by atoms with Gasteiger partial charge in [-0.05, 0) is 55.2 Å². The fourth-order valence-corrected chi connectivity index (χ4v) is 3.64. The number of anilines is 1. The number of amides is 1. The van der Waals surface area contributed by atoms with E-state index in [1.807, 2.05) is 18.2 Å². The molecule has 3 aromatic rings. The Bertz CT molecular complexity index is 918. The molecule has 0 spiro atoms. The summed E-state index contributed by atoms with van der Waals surface area (Å²) in [7, 11) is 0. The predicted octanol–water partition coefficient (Wildman–Crippen LogP) is 4.93. The minimum atomic E-state index is -0.211. The molecular formula is C18H15Cl2N3O. The van der Waals surface area contributed by atoms with Crippen molar-refractivity contribution in [2.75, 3.05) is 5.32 Å². The van der Waals surface area contributed by atoms with E-state index in [1.54, 1.807) is 12.1 Å². The summed E-state index contributed by atoms with van der Waals surface area (Å²) in [5.74, 6) is 0.247. The molecule has 4 nitrogen and oxygen atoms in total. The van der Waals surface area contributed by atoms with Crippen molar-refractivity contribution in [2.24, 2.45) is 0 Å². The van der Waals surface area contributed by atoms with Gasteiger partial charge in [0.15, 0.2) is 0 Å². The van der Waals surface area contributed by atoms with Gasteiger partial charge in [-0.2, -0.15) is 0 Å². The molecule has 2 aromatic heterocycles. The number of aromatic amines is 1. The van der Waals surface area contributed by atoms with Gasteiger partial charge >= 0.3 is 0 Å². The monoisotopic (exact) mass is 359 g/mol. The summed E-state index contributed by atoms with van der Waals surface area (Å²) in [4.78, 5) is 20.3. The number of pyridine rings is 1. The number of hydrogen-bond donors (Lipinski definition) is 2. The highest BCUT2D eigenvalue weighted by Crippen LogP contribution is 2.37. The maximum Gasteiger partial charge on any atom is 0.234 e. The first kappa shape index (κ1) is 15.5. The molecule has 0 aliphatic heterocycles. The average molecular weight is 360 g/mol. The van der Waals surface area contributed by atoms with Gasteiger partial charge in [-0.15, -0.1) is 0 Å². The highest BCUT2D eigenvalue weighted by Gasteiger charge is 2.29. The molecule has 0 bridgehead atoms. The van der Waals surface area contributed by atoms with Gasteiger partial charge in [0.05, 0.1) is 10.9 Å². The van der Waals surface area contributed by atoms with E-state index < -0.39 is 0 Å². The molecule has 24 heavy (non-hydrogen) atoms. The van der Waals surface area contributed by atoms with E-state index in [0.29, 0.717) is 15.9 Å². The number of fused-ring (bicyclic) bond motifs is 3. The smallest absolute Gasteiger partial charge is 0.234 e. The molecule has 0 saturated heterocycles. The first-order chi connectivity index (χ1) is 11.6. The molecule has 4 rings (SSSR count). The van der Waals surface area contributed by atoms with Crippen LogP contribution in [-0.4, -0.2) is 15.9 Å². The maximum atomic E-state index is 12.7. The van der Waals surface area contributed by atoms with Crippen LogP contribution in [0.5, 0.6) is 0 Å². The molecule has 1 atom stereocenters. The molecule has 1 aliphatic carbocycles. The molecule has 122 valence electrons. The number of H-pyrrole nitrogens is 1. The van der Waals surface area contributed by atoms with Gasteiger partial charge in [-0.3, -0.25) is 4.79 Å². The predicted molar refractivity (Wildman–Crippen MR) is 96.9 cm³/mol. The molecule has 1 amide bonds. The minimum Gasteiger partial charge on any atom is -0.357 e. The van der Waals surface area contributed by atoms with Gasteiger partial charge in [-0.25, -0.2) is 4.98 Å². The van der Waals surface area contributed by atoms with Crippen LogP contribution in [0.15, 0.2) is 36.5 Å². The number of nitrogens with one attached hydrogen (secondary N) is 2. The number of halogens is 2. The number of carbonyl (C=O) groups excluding carboxylic acids is 1. The molecule has 2 heterocycles. The molecule has 1 aromatic carbocycles. The van der Waals surface area contributed by atoms with Crippen molar-refractivity contribution < 1.29 is 4.79 Å². The molecule has 0 fully saturated rings. The molecule has 1 unspecified atom stereocenters. The Kier molecular flexibility index (Phi) is 3.94. The molecule has 0 saturated carbocycles. The zero-order valence-electron chi connectivity index (χ0n) is 12.8. The number of benzene rings is 1.